The summed E-state index contributed by atoms with van der Waals surface area (Å²) in [5.74, 6) is 2.32. The molecule has 1 amide bonds. The van der Waals surface area contributed by atoms with Crippen molar-refractivity contribution < 1.29 is 9.90 Å². The molecule has 4 bridgehead atoms. The van der Waals surface area contributed by atoms with Gasteiger partial charge in [-0.05, 0) is 80.4 Å². The quantitative estimate of drug-likeness (QED) is 0.385. The second-order valence-corrected chi connectivity index (χ2v) is 9.41. The van der Waals surface area contributed by atoms with Crippen LogP contribution in [0.15, 0.2) is 42.0 Å². The lowest BCUT2D eigenvalue weighted by Crippen LogP contribution is -2.48. The van der Waals surface area contributed by atoms with E-state index in [0.29, 0.717) is 17.7 Å². The fourth-order valence-corrected chi connectivity index (χ4v) is 6.40. The van der Waals surface area contributed by atoms with Crippen molar-refractivity contribution in [2.45, 2.75) is 50.4 Å². The Kier molecular flexibility index (Phi) is 4.72. The monoisotopic (exact) mass is 404 g/mol. The topological polar surface area (TPSA) is 90.4 Å². The van der Waals surface area contributed by atoms with E-state index in [2.05, 4.69) is 27.3 Å². The van der Waals surface area contributed by atoms with Gasteiger partial charge in [-0.15, -0.1) is 6.58 Å². The lowest BCUT2D eigenvalue weighted by molar-refractivity contribution is -0.00721. The van der Waals surface area contributed by atoms with Gasteiger partial charge in [0.1, 0.15) is 5.75 Å². The highest BCUT2D eigenvalue weighted by molar-refractivity contribution is 5.93. The van der Waals surface area contributed by atoms with Gasteiger partial charge >= 0.3 is 0 Å². The molecule has 4 fully saturated rings. The molecule has 6 nitrogen and oxygen atoms in total. The summed E-state index contributed by atoms with van der Waals surface area (Å²) in [6, 6.07) is 7.34. The number of allylic oxidation sites excluding steroid dienone is 1. The maximum atomic E-state index is 12.5. The van der Waals surface area contributed by atoms with E-state index in [4.69, 9.17) is 0 Å². The van der Waals surface area contributed by atoms with Crippen LogP contribution in [0, 0.1) is 17.8 Å². The first kappa shape index (κ1) is 19.1. The van der Waals surface area contributed by atoms with Crippen molar-refractivity contribution in [3.63, 3.8) is 0 Å². The molecule has 30 heavy (non-hydrogen) atoms. The van der Waals surface area contributed by atoms with Crippen LogP contribution in [-0.2, 0) is 11.8 Å². The number of hydrogen-bond acceptors (Lipinski definition) is 4. The zero-order chi connectivity index (χ0) is 20.7. The maximum Gasteiger partial charge on any atom is 0.291 e. The smallest absolute Gasteiger partial charge is 0.291 e. The SMILES string of the molecule is C=CCc1cccc(/C=N/NC(=O)c2cc(C34CC5CC(CC(C5)C3)C4)[nH]n2)c1O. The molecular formula is C24H28N4O2. The van der Waals surface area contributed by atoms with Crippen LogP contribution in [0.25, 0.3) is 0 Å². The number of amides is 1. The fourth-order valence-electron chi connectivity index (χ4n) is 6.40. The van der Waals surface area contributed by atoms with Crippen molar-refractivity contribution in [1.29, 1.82) is 0 Å². The van der Waals surface area contributed by atoms with Gasteiger partial charge in [-0.25, -0.2) is 5.43 Å². The summed E-state index contributed by atoms with van der Waals surface area (Å²) < 4.78 is 0. The van der Waals surface area contributed by atoms with Crippen molar-refractivity contribution in [2.75, 3.05) is 0 Å². The van der Waals surface area contributed by atoms with Crippen molar-refractivity contribution in [3.8, 4) is 5.75 Å². The normalized spacial score (nSPS) is 29.4. The predicted molar refractivity (Wildman–Crippen MR) is 116 cm³/mol. The number of phenols is 1. The Morgan fingerprint density at radius 2 is 1.97 bits per heavy atom. The number of H-pyrrole nitrogens is 1. The lowest BCUT2D eigenvalue weighted by atomic mass is 9.49. The number of aromatic hydroxyl groups is 1. The van der Waals surface area contributed by atoms with Crippen LogP contribution in [0.4, 0.5) is 0 Å². The Hall–Kier alpha value is -2.89. The van der Waals surface area contributed by atoms with E-state index >= 15 is 0 Å². The molecule has 4 aliphatic rings. The van der Waals surface area contributed by atoms with Crippen molar-refractivity contribution in [3.05, 3.63) is 59.4 Å². The molecule has 4 aliphatic carbocycles. The fraction of sp³-hybridized carbons (Fsp3) is 0.458. The summed E-state index contributed by atoms with van der Waals surface area (Å²) in [6.45, 7) is 3.69. The number of carbonyl (C=O) groups excluding carboxylic acids is 1. The number of hydrogen-bond donors (Lipinski definition) is 3. The third-order valence-electron chi connectivity index (χ3n) is 7.30. The van der Waals surface area contributed by atoms with Gasteiger partial charge in [0.05, 0.1) is 6.21 Å². The Morgan fingerprint density at radius 3 is 2.63 bits per heavy atom. The molecule has 0 aliphatic heterocycles. The summed E-state index contributed by atoms with van der Waals surface area (Å²) in [6.07, 6.45) is 11.6. The molecule has 0 spiro atoms. The lowest BCUT2D eigenvalue weighted by Gasteiger charge is -2.56. The molecule has 0 saturated heterocycles. The van der Waals surface area contributed by atoms with Gasteiger partial charge in [-0.2, -0.15) is 10.2 Å². The number of rotatable bonds is 6. The first-order valence-electron chi connectivity index (χ1n) is 10.9. The summed E-state index contributed by atoms with van der Waals surface area (Å²) in [7, 11) is 0. The van der Waals surface area contributed by atoms with Gasteiger partial charge in [0.2, 0.25) is 0 Å². The van der Waals surface area contributed by atoms with Crippen molar-refractivity contribution in [1.82, 2.24) is 15.6 Å². The molecule has 6 heteroatoms. The molecule has 3 N–H and O–H groups in total. The molecule has 1 heterocycles. The molecule has 0 atom stereocenters. The molecule has 2 aromatic rings. The highest BCUT2D eigenvalue weighted by atomic mass is 16.3. The number of phenolic OH excluding ortho intramolecular Hbond substituents is 1. The van der Waals surface area contributed by atoms with Gasteiger partial charge in [0.25, 0.3) is 5.91 Å². The number of carbonyl (C=O) groups is 1. The number of nitrogens with zero attached hydrogens (tertiary/aromatic N) is 2. The minimum atomic E-state index is -0.347. The molecule has 0 radical (unpaired) electrons. The largest absolute Gasteiger partial charge is 0.507 e. The van der Waals surface area contributed by atoms with E-state index in [0.717, 1.165) is 29.0 Å². The average Bonchev–Trinajstić information content (AvgIpc) is 3.21. The Labute approximate surface area is 176 Å². The highest BCUT2D eigenvalue weighted by Gasteiger charge is 2.52. The average molecular weight is 405 g/mol. The second kappa shape index (κ2) is 7.42. The second-order valence-electron chi connectivity index (χ2n) is 9.41. The van der Waals surface area contributed by atoms with Gasteiger partial charge < -0.3 is 5.11 Å². The van der Waals surface area contributed by atoms with Crippen LogP contribution >= 0.6 is 0 Å². The highest BCUT2D eigenvalue weighted by Crippen LogP contribution is 2.60. The van der Waals surface area contributed by atoms with Gasteiger partial charge in [0, 0.05) is 16.7 Å². The van der Waals surface area contributed by atoms with Crippen LogP contribution < -0.4 is 5.43 Å². The third kappa shape index (κ3) is 3.34. The van der Waals surface area contributed by atoms with E-state index in [1.165, 1.54) is 44.7 Å². The molecule has 156 valence electrons. The Morgan fingerprint density at radius 1 is 1.27 bits per heavy atom. The first-order chi connectivity index (χ1) is 14.6. The molecule has 4 saturated carbocycles. The first-order valence-corrected chi connectivity index (χ1v) is 10.9. The molecule has 6 rings (SSSR count). The van der Waals surface area contributed by atoms with E-state index in [-0.39, 0.29) is 17.1 Å². The Balaban J connectivity index is 1.27. The minimum absolute atomic E-state index is 0.152. The molecule has 1 aromatic heterocycles. The standard InChI is InChI=1S/C24H28N4O2/c1-2-4-18-5-3-6-19(22(18)29)14-25-28-23(30)20-10-21(27-26-20)24-11-15-7-16(12-24)9-17(8-15)13-24/h2-3,5-6,10,14-17,29H,1,4,7-9,11-13H2,(H,26,27)(H,28,30)/b25-14+. The van der Waals surface area contributed by atoms with Crippen molar-refractivity contribution >= 4 is 12.1 Å². The predicted octanol–water partition coefficient (Wildman–Crippen LogP) is 4.08. The summed E-state index contributed by atoms with van der Waals surface area (Å²) in [5, 5.41) is 21.8. The molecule has 1 aromatic carbocycles. The zero-order valence-electron chi connectivity index (χ0n) is 17.1. The van der Waals surface area contributed by atoms with Crippen LogP contribution in [0.1, 0.15) is 65.8 Å². The minimum Gasteiger partial charge on any atom is -0.507 e. The summed E-state index contributed by atoms with van der Waals surface area (Å²) in [4.78, 5) is 12.5. The summed E-state index contributed by atoms with van der Waals surface area (Å²) in [5.41, 5.74) is 5.51. The zero-order valence-corrected chi connectivity index (χ0v) is 17.1. The van der Waals surface area contributed by atoms with Crippen LogP contribution in [-0.4, -0.2) is 27.4 Å². The van der Waals surface area contributed by atoms with E-state index < -0.39 is 0 Å². The van der Waals surface area contributed by atoms with Crippen molar-refractivity contribution in [2.24, 2.45) is 22.9 Å². The number of hydrazone groups is 1. The van der Waals surface area contributed by atoms with E-state index in [9.17, 15) is 9.90 Å². The van der Waals surface area contributed by atoms with Gasteiger partial charge in [-0.3, -0.25) is 9.89 Å². The summed E-state index contributed by atoms with van der Waals surface area (Å²) >= 11 is 0. The third-order valence-corrected chi connectivity index (χ3v) is 7.30. The number of aromatic amines is 1. The van der Waals surface area contributed by atoms with Gasteiger partial charge in [-0.1, -0.05) is 18.2 Å². The van der Waals surface area contributed by atoms with Crippen LogP contribution in [0.3, 0.4) is 0 Å². The number of aromatic nitrogens is 2. The maximum absolute atomic E-state index is 12.5. The van der Waals surface area contributed by atoms with Gasteiger partial charge in [0.15, 0.2) is 5.69 Å². The van der Waals surface area contributed by atoms with Crippen LogP contribution in [0.2, 0.25) is 0 Å². The van der Waals surface area contributed by atoms with E-state index in [1.807, 2.05) is 18.2 Å². The molecule has 0 unspecified atom stereocenters. The number of benzene rings is 1. The van der Waals surface area contributed by atoms with E-state index in [1.54, 1.807) is 12.1 Å². The Bertz CT molecular complexity index is 971. The number of para-hydroxylation sites is 1. The van der Waals surface area contributed by atoms with Crippen LogP contribution in [0.5, 0.6) is 5.75 Å². The number of nitrogens with one attached hydrogen (secondary N) is 2. The molecular weight excluding hydrogens is 376 g/mol.